The molecule has 0 aliphatic rings. The number of nitrogens with one attached hydrogen (secondary N) is 1. The van der Waals surface area contributed by atoms with Gasteiger partial charge in [0.15, 0.2) is 0 Å². The Balaban J connectivity index is 2.21. The third kappa shape index (κ3) is 3.37. The molecule has 0 fully saturated rings. The van der Waals surface area contributed by atoms with E-state index >= 15 is 0 Å². The second kappa shape index (κ2) is 6.35. The molecule has 0 radical (unpaired) electrons. The number of rotatable bonds is 5. The predicted octanol–water partition coefficient (Wildman–Crippen LogP) is 3.87. The van der Waals surface area contributed by atoms with Crippen molar-refractivity contribution >= 4 is 17.1 Å². The Morgan fingerprint density at radius 3 is 2.48 bits per heavy atom. The first-order valence-corrected chi connectivity index (χ1v) is 7.19. The molecular weight excluding hydrogens is 258 g/mol. The molecule has 2 aromatic rings. The summed E-state index contributed by atoms with van der Waals surface area (Å²) >= 11 is 0. The Bertz CT molecular complexity index is 647. The van der Waals surface area contributed by atoms with Crippen LogP contribution in [0.1, 0.15) is 36.1 Å². The largest absolute Gasteiger partial charge is 0.397 e. The summed E-state index contributed by atoms with van der Waals surface area (Å²) in [6.07, 6.45) is 0.939. The van der Waals surface area contributed by atoms with E-state index in [2.05, 4.69) is 37.9 Å². The average molecular weight is 281 g/mol. The molecule has 0 bridgehead atoms. The molecule has 5 N–H and O–H groups in total. The normalized spacial score (nSPS) is 11.9. The number of benzene rings is 2. The lowest BCUT2D eigenvalue weighted by Crippen LogP contribution is -2.19. The second-order valence-corrected chi connectivity index (χ2v) is 5.29. The molecule has 1 atom stereocenters. The number of hydrogen-bond donors (Lipinski definition) is 3. The highest BCUT2D eigenvalue weighted by molar-refractivity contribution is 5.66. The van der Waals surface area contributed by atoms with E-state index < -0.39 is 0 Å². The summed E-state index contributed by atoms with van der Waals surface area (Å²) in [6, 6.07) is 14.2. The average Bonchev–Trinajstić information content (AvgIpc) is 2.48. The Morgan fingerprint density at radius 2 is 1.86 bits per heavy atom. The third-order valence-electron chi connectivity index (χ3n) is 3.74. The van der Waals surface area contributed by atoms with Crippen molar-refractivity contribution < 1.29 is 0 Å². The van der Waals surface area contributed by atoms with E-state index in [-0.39, 0.29) is 6.04 Å². The van der Waals surface area contributed by atoms with E-state index in [9.17, 15) is 0 Å². The number of aryl methyl sites for hydroxylation is 1. The molecule has 21 heavy (non-hydrogen) atoms. The van der Waals surface area contributed by atoms with Crippen LogP contribution in [-0.2, 0) is 0 Å². The topological polar surface area (TPSA) is 64.1 Å². The maximum Gasteiger partial charge on any atom is 0.0551 e. The fourth-order valence-electron chi connectivity index (χ4n) is 2.43. The van der Waals surface area contributed by atoms with Crippen LogP contribution in [0.4, 0.5) is 11.4 Å². The summed E-state index contributed by atoms with van der Waals surface area (Å²) < 4.78 is 0. The van der Waals surface area contributed by atoms with Crippen molar-refractivity contribution in [3.05, 3.63) is 65.7 Å². The lowest BCUT2D eigenvalue weighted by atomic mass is 10.0. The van der Waals surface area contributed by atoms with Gasteiger partial charge >= 0.3 is 0 Å². The fraction of sp³-hybridized carbons (Fsp3) is 0.222. The van der Waals surface area contributed by atoms with Gasteiger partial charge in [-0.15, -0.1) is 0 Å². The number of anilines is 2. The van der Waals surface area contributed by atoms with Crippen LogP contribution in [0.2, 0.25) is 0 Å². The number of nitrogens with two attached hydrogens (primary N) is 2. The van der Waals surface area contributed by atoms with Gasteiger partial charge in [0.2, 0.25) is 0 Å². The zero-order chi connectivity index (χ0) is 15.4. The highest BCUT2D eigenvalue weighted by Gasteiger charge is 2.12. The molecule has 0 aliphatic heterocycles. The Kier molecular flexibility index (Phi) is 4.53. The number of hydrogen-bond acceptors (Lipinski definition) is 3. The molecule has 0 heterocycles. The second-order valence-electron chi connectivity index (χ2n) is 5.29. The summed E-state index contributed by atoms with van der Waals surface area (Å²) in [4.78, 5) is 0. The lowest BCUT2D eigenvalue weighted by Gasteiger charge is -2.22. The van der Waals surface area contributed by atoms with Crippen molar-refractivity contribution in [3.63, 3.8) is 0 Å². The zero-order valence-electron chi connectivity index (χ0n) is 12.7. The van der Waals surface area contributed by atoms with E-state index in [0.717, 1.165) is 23.2 Å². The summed E-state index contributed by atoms with van der Waals surface area (Å²) in [5.74, 6) is 0. The first kappa shape index (κ1) is 15.0. The molecule has 2 aromatic carbocycles. The van der Waals surface area contributed by atoms with Crippen LogP contribution in [0.15, 0.2) is 49.0 Å². The van der Waals surface area contributed by atoms with E-state index in [1.807, 2.05) is 30.3 Å². The van der Waals surface area contributed by atoms with Gasteiger partial charge in [-0.3, -0.25) is 0 Å². The maximum atomic E-state index is 5.90. The van der Waals surface area contributed by atoms with Gasteiger partial charge in [0.25, 0.3) is 0 Å². The van der Waals surface area contributed by atoms with E-state index in [1.165, 1.54) is 5.56 Å². The lowest BCUT2D eigenvalue weighted by molar-refractivity contribution is 0.614. The van der Waals surface area contributed by atoms with Gasteiger partial charge in [-0.1, -0.05) is 43.8 Å². The van der Waals surface area contributed by atoms with Gasteiger partial charge in [-0.05, 0) is 42.2 Å². The minimum Gasteiger partial charge on any atom is -0.397 e. The van der Waals surface area contributed by atoms with Crippen LogP contribution in [0.5, 0.6) is 0 Å². The van der Waals surface area contributed by atoms with Crippen LogP contribution < -0.4 is 16.8 Å². The van der Waals surface area contributed by atoms with Crippen molar-refractivity contribution in [2.45, 2.75) is 26.3 Å². The SMILES string of the molecule is C=C(NC(CC)c1ccc(N)c(N)c1)c1ccccc1C. The van der Waals surface area contributed by atoms with Crippen LogP contribution in [0.25, 0.3) is 5.70 Å². The fourth-order valence-corrected chi connectivity index (χ4v) is 2.43. The Labute approximate surface area is 126 Å². The molecule has 3 nitrogen and oxygen atoms in total. The smallest absolute Gasteiger partial charge is 0.0551 e. The van der Waals surface area contributed by atoms with Gasteiger partial charge in [0.1, 0.15) is 0 Å². The molecule has 110 valence electrons. The summed E-state index contributed by atoms with van der Waals surface area (Å²) in [5, 5.41) is 3.50. The van der Waals surface area contributed by atoms with Gasteiger partial charge in [0.05, 0.1) is 17.4 Å². The zero-order valence-corrected chi connectivity index (χ0v) is 12.7. The van der Waals surface area contributed by atoms with Crippen LogP contribution in [0.3, 0.4) is 0 Å². The Hall–Kier alpha value is -2.42. The summed E-state index contributed by atoms with van der Waals surface area (Å²) in [7, 11) is 0. The van der Waals surface area contributed by atoms with Crippen LogP contribution in [0, 0.1) is 6.92 Å². The van der Waals surface area contributed by atoms with E-state index in [0.29, 0.717) is 11.4 Å². The molecule has 1 unspecified atom stereocenters. The Morgan fingerprint density at radius 1 is 1.14 bits per heavy atom. The highest BCUT2D eigenvalue weighted by atomic mass is 14.9. The molecule has 0 amide bonds. The number of nitrogen functional groups attached to an aromatic ring is 2. The minimum absolute atomic E-state index is 0.167. The van der Waals surface area contributed by atoms with Crippen molar-refractivity contribution in [1.29, 1.82) is 0 Å². The predicted molar refractivity (Wildman–Crippen MR) is 91.6 cm³/mol. The maximum absolute atomic E-state index is 5.90. The van der Waals surface area contributed by atoms with Gasteiger partial charge in [0, 0.05) is 5.70 Å². The van der Waals surface area contributed by atoms with Gasteiger partial charge < -0.3 is 16.8 Å². The third-order valence-corrected chi connectivity index (χ3v) is 3.74. The van der Waals surface area contributed by atoms with E-state index in [4.69, 9.17) is 11.5 Å². The molecule has 0 aromatic heterocycles. The molecule has 0 saturated carbocycles. The standard InChI is InChI=1S/C18H23N3/c1-4-18(14-9-10-16(19)17(20)11-14)21-13(3)15-8-6-5-7-12(15)2/h5-11,18,21H,3-4,19-20H2,1-2H3. The molecule has 2 rings (SSSR count). The minimum atomic E-state index is 0.167. The van der Waals surface area contributed by atoms with Crippen molar-refractivity contribution in [3.8, 4) is 0 Å². The van der Waals surface area contributed by atoms with Crippen molar-refractivity contribution in [1.82, 2.24) is 5.32 Å². The first-order valence-electron chi connectivity index (χ1n) is 7.19. The molecule has 0 aliphatic carbocycles. The van der Waals surface area contributed by atoms with Gasteiger partial charge in [-0.2, -0.15) is 0 Å². The van der Waals surface area contributed by atoms with Crippen LogP contribution >= 0.6 is 0 Å². The van der Waals surface area contributed by atoms with E-state index in [1.54, 1.807) is 0 Å². The first-order chi connectivity index (χ1) is 10.0. The summed E-state index contributed by atoms with van der Waals surface area (Å²) in [6.45, 7) is 8.39. The molecule has 0 saturated heterocycles. The monoisotopic (exact) mass is 281 g/mol. The molecule has 0 spiro atoms. The van der Waals surface area contributed by atoms with Crippen LogP contribution in [-0.4, -0.2) is 0 Å². The summed E-state index contributed by atoms with van der Waals surface area (Å²) in [5.41, 5.74) is 17.3. The van der Waals surface area contributed by atoms with Gasteiger partial charge in [-0.25, -0.2) is 0 Å². The quantitative estimate of drug-likeness (QED) is 0.729. The van der Waals surface area contributed by atoms with Crippen molar-refractivity contribution in [2.75, 3.05) is 11.5 Å². The molecule has 3 heteroatoms. The van der Waals surface area contributed by atoms with Crippen molar-refractivity contribution in [2.24, 2.45) is 0 Å². The highest BCUT2D eigenvalue weighted by Crippen LogP contribution is 2.26. The molecular formula is C18H23N3.